The Morgan fingerprint density at radius 1 is 0.555 bits per heavy atom. The molecule has 9 amide bonds. The molecule has 7 heterocycles. The van der Waals surface area contributed by atoms with Crippen molar-refractivity contribution in [1.82, 2.24) is 56.3 Å². The SMILES string of the molecule is CCCCCC(=O)CNC(=O)[C@@H]1CC[C@@H]2CN1C(=O)N2OCc1ccccc1.CCCCCC(=O)NN.CCCCCC(=O)NN.CCCCCC(=O)O.CCCCCC(=O)OC.NCCCCc1nnc([C@@H]2CC[C@@H]3CN2C(=O)N3OS(=O)(=O)O)o1.NN.O.O=C(O)[C@@H]1CC[C@@H]2CN1C(=O)N2OCc1ccccc1. The second kappa shape index (κ2) is 57.5. The molecule has 0 radical (unpaired) electrons. The minimum Gasteiger partial charge on any atom is -0.481 e. The van der Waals surface area contributed by atoms with Crippen LogP contribution in [0.15, 0.2) is 65.1 Å². The highest BCUT2D eigenvalue weighted by molar-refractivity contribution is 7.80. The number of hydrogen-bond acceptors (Lipinski definition) is 24. The van der Waals surface area contributed by atoms with Crippen LogP contribution in [-0.4, -0.2) is 198 Å². The van der Waals surface area contributed by atoms with Crippen molar-refractivity contribution in [3.8, 4) is 0 Å². The molecule has 0 saturated carbocycles. The monoisotopic (exact) mass is 1580 g/mol. The average molecular weight is 1580 g/mol. The minimum absolute atomic E-state index is 0. The Hall–Kier alpha value is -8.57. The van der Waals surface area contributed by atoms with Crippen LogP contribution in [0, 0.1) is 0 Å². The van der Waals surface area contributed by atoms with Crippen molar-refractivity contribution in [1.29, 1.82) is 0 Å². The van der Waals surface area contributed by atoms with Crippen LogP contribution in [0.2, 0.25) is 0 Å². The number of unbranched alkanes of at least 4 members (excludes halogenated alkanes) is 11. The fraction of sp³-hybridized carbons (Fsp3) is 0.667. The Labute approximate surface area is 646 Å². The van der Waals surface area contributed by atoms with Gasteiger partial charge >= 0.3 is 46.4 Å². The van der Waals surface area contributed by atoms with Gasteiger partial charge in [-0.05, 0) is 101 Å². The number of carboxylic acid groups (broad SMARTS) is 2. The lowest BCUT2D eigenvalue weighted by molar-refractivity contribution is -0.143. The van der Waals surface area contributed by atoms with E-state index in [0.717, 1.165) is 120 Å². The maximum Gasteiger partial charge on any atom is 0.418 e. The number of aromatic nitrogens is 2. The number of rotatable bonds is 37. The largest absolute Gasteiger partial charge is 0.481 e. The summed E-state index contributed by atoms with van der Waals surface area (Å²) in [7, 11) is -3.33. The number of nitrogens with zero attached hydrogens (tertiary/aromatic N) is 8. The van der Waals surface area contributed by atoms with Crippen LogP contribution in [0.1, 0.15) is 243 Å². The normalized spacial score (nSPS) is 18.1. The molecule has 1 aromatic heterocycles. The fourth-order valence-electron chi connectivity index (χ4n) is 11.9. The first-order valence-corrected chi connectivity index (χ1v) is 39.2. The predicted octanol–water partition coefficient (Wildman–Crippen LogP) is 6.65. The van der Waals surface area contributed by atoms with E-state index in [1.54, 1.807) is 4.90 Å². The smallest absolute Gasteiger partial charge is 0.418 e. The number of urea groups is 3. The second-order valence-corrected chi connectivity index (χ2v) is 27.3. The number of piperidine rings is 3. The topological polar surface area (TPSA) is 558 Å². The molecular weight excluding hydrogens is 1460 g/mol. The first-order chi connectivity index (χ1) is 52.3. The van der Waals surface area contributed by atoms with Crippen LogP contribution < -0.4 is 45.3 Å². The fourth-order valence-corrected chi connectivity index (χ4v) is 12.3. The summed E-state index contributed by atoms with van der Waals surface area (Å²) >= 11 is 0. The Kier molecular flexibility index (Phi) is 52.0. The molecule has 6 atom stereocenters. The summed E-state index contributed by atoms with van der Waals surface area (Å²) in [6, 6.07) is 15.8. The highest BCUT2D eigenvalue weighted by Crippen LogP contribution is 2.39. The summed E-state index contributed by atoms with van der Waals surface area (Å²) in [6.07, 6.45) is 23.8. The number of carbonyl (C=O) groups excluding carboxylic acids is 8. The molecule has 37 nitrogen and oxygen atoms in total. The van der Waals surface area contributed by atoms with Gasteiger partial charge in [-0.25, -0.2) is 30.9 Å². The van der Waals surface area contributed by atoms with Gasteiger partial charge in [0.15, 0.2) is 5.78 Å². The molecule has 2 aromatic carbocycles. The number of carbonyl (C=O) groups is 10. The van der Waals surface area contributed by atoms with E-state index in [2.05, 4.69) is 81.7 Å². The first-order valence-electron chi connectivity index (χ1n) is 37.8. The highest BCUT2D eigenvalue weighted by atomic mass is 32.3. The molecule has 6 saturated heterocycles. The summed E-state index contributed by atoms with van der Waals surface area (Å²) in [5.74, 6) is 16.4. The number of carboxylic acids is 2. The third-order valence-electron chi connectivity index (χ3n) is 17.8. The zero-order valence-electron chi connectivity index (χ0n) is 64.8. The van der Waals surface area contributed by atoms with Gasteiger partial charge in [0.2, 0.25) is 29.5 Å². The molecule has 110 heavy (non-hydrogen) atoms. The van der Waals surface area contributed by atoms with E-state index < -0.39 is 52.5 Å². The van der Waals surface area contributed by atoms with Gasteiger partial charge in [-0.15, -0.1) is 14.5 Å². The molecule has 6 fully saturated rings. The van der Waals surface area contributed by atoms with Crippen LogP contribution in [0.3, 0.4) is 0 Å². The molecule has 3 aromatic rings. The quantitative estimate of drug-likeness (QED) is 0.00718. The third kappa shape index (κ3) is 37.9. The molecule has 0 unspecified atom stereocenters. The number of hydrazine groups is 3. The van der Waals surface area contributed by atoms with Gasteiger partial charge in [-0.1, -0.05) is 159 Å². The summed E-state index contributed by atoms with van der Waals surface area (Å²) in [5.41, 5.74) is 11.6. The van der Waals surface area contributed by atoms with Crippen molar-refractivity contribution in [3.05, 3.63) is 83.6 Å². The lowest BCUT2D eigenvalue weighted by Gasteiger charge is -2.29. The van der Waals surface area contributed by atoms with E-state index in [0.29, 0.717) is 127 Å². The number of nitrogens with two attached hydrogens (primary N) is 5. The number of methoxy groups -OCH3 is 1. The molecule has 6 bridgehead atoms. The summed E-state index contributed by atoms with van der Waals surface area (Å²) in [5, 5.41) is 31.4. The van der Waals surface area contributed by atoms with E-state index >= 15 is 0 Å². The van der Waals surface area contributed by atoms with Crippen molar-refractivity contribution >= 4 is 69.9 Å². The van der Waals surface area contributed by atoms with Crippen molar-refractivity contribution in [3.63, 3.8) is 0 Å². The van der Waals surface area contributed by atoms with E-state index in [-0.39, 0.29) is 72.2 Å². The second-order valence-electron chi connectivity index (χ2n) is 26.3. The number of ether oxygens (including phenoxy) is 1. The van der Waals surface area contributed by atoms with Crippen molar-refractivity contribution in [2.24, 2.45) is 29.1 Å². The Bertz CT molecular complexity index is 3210. The number of amides is 9. The van der Waals surface area contributed by atoms with Crippen LogP contribution in [0.5, 0.6) is 0 Å². The predicted molar refractivity (Wildman–Crippen MR) is 405 cm³/mol. The summed E-state index contributed by atoms with van der Waals surface area (Å²) in [6.45, 7) is 12.9. The number of Topliss-reactive ketones (excluding diaryl/α,β-unsaturated/α-hetero) is 1. The number of fused-ring (bicyclic) bond motifs is 6. The number of nitrogens with one attached hydrogen (secondary N) is 3. The number of benzene rings is 2. The van der Waals surface area contributed by atoms with Gasteiger partial charge in [-0.3, -0.25) is 65.5 Å². The number of hydrogen-bond donors (Lipinski definition) is 11. The third-order valence-corrected chi connectivity index (χ3v) is 18.2. The molecule has 624 valence electrons. The van der Waals surface area contributed by atoms with E-state index in [4.69, 9.17) is 46.3 Å². The van der Waals surface area contributed by atoms with Gasteiger partial charge in [0, 0.05) is 58.2 Å². The highest BCUT2D eigenvalue weighted by Gasteiger charge is 2.51. The number of hydroxylamine groups is 6. The standard InChI is InChI=1S/C21H29N3O4.C14H16N2O4.C12H19N5O6S.C7H14O2.2C6H14N2O.C6H12O2.H4N2.H2O/c1-2-3-5-10-18(25)13-22-20(26)19-12-11-17-14-23(19)21(27)24(17)28-15-16-8-6-4-7-9-16;17-13(18)12-7-6-11-8-15(12)14(19)16(11)20-9-10-4-2-1-3-5-10;13-6-2-1-3-10-14-15-11(22-10)9-5-4-8-7-16(9)12(18)17(8)23-24(19,20)21;1-3-4-5-6-7(8)9-2;2*1-2-3-4-5-6(9)8-7;1-2-3-4-5-6(7)8;1-2;/h4,6-9,17,19H,2-3,5,10-15H2,1H3,(H,22,26);1-5,11-12H,6-9H2,(H,17,18);8-9H,1-7,13H2,(H,19,20,21);3-6H2,1-2H3;2*2-5,7H2,1H3,(H,8,9);2-5H2,1H3,(H,7,8);1-2H2;1H2/t17-,19+;11-,12+;8-,9+;;;;;;/m111....../s1. The van der Waals surface area contributed by atoms with E-state index in [1.807, 2.05) is 60.7 Å². The summed E-state index contributed by atoms with van der Waals surface area (Å²) < 4.78 is 45.0. The van der Waals surface area contributed by atoms with Crippen LogP contribution in [-0.2, 0) is 82.3 Å². The van der Waals surface area contributed by atoms with Gasteiger partial charge in [-0.2, -0.15) is 23.6 Å². The van der Waals surface area contributed by atoms with Gasteiger partial charge in [0.1, 0.15) is 31.3 Å². The number of aryl methyl sites for hydroxylation is 1. The Morgan fingerprint density at radius 3 is 1.43 bits per heavy atom. The van der Waals surface area contributed by atoms with Crippen molar-refractivity contribution in [2.45, 2.75) is 270 Å². The molecule has 0 aliphatic carbocycles. The van der Waals surface area contributed by atoms with Crippen molar-refractivity contribution in [2.75, 3.05) is 39.8 Å². The number of aliphatic carboxylic acids is 2. The molecule has 6 aliphatic rings. The zero-order valence-corrected chi connectivity index (χ0v) is 65.7. The minimum atomic E-state index is -4.75. The van der Waals surface area contributed by atoms with Gasteiger partial charge < -0.3 is 50.6 Å². The van der Waals surface area contributed by atoms with Crippen molar-refractivity contribution < 1.29 is 99.7 Å². The van der Waals surface area contributed by atoms with E-state index in [1.165, 1.54) is 27.0 Å². The van der Waals surface area contributed by atoms with Crippen LogP contribution >= 0.6 is 0 Å². The molecule has 0 spiro atoms. The maximum atomic E-state index is 12.7. The Balaban J connectivity index is 0.000000675. The Morgan fingerprint density at radius 2 is 0.982 bits per heavy atom. The maximum absolute atomic E-state index is 12.7. The first kappa shape index (κ1) is 99.4. The molecule has 6 aliphatic heterocycles. The van der Waals surface area contributed by atoms with Crippen LogP contribution in [0.25, 0.3) is 0 Å². The van der Waals surface area contributed by atoms with Gasteiger partial charge in [0.05, 0.1) is 31.8 Å². The number of esters is 1. The van der Waals surface area contributed by atoms with Crippen LogP contribution in [0.4, 0.5) is 14.4 Å². The summed E-state index contributed by atoms with van der Waals surface area (Å²) in [4.78, 5) is 130. The van der Waals surface area contributed by atoms with Gasteiger partial charge in [0.25, 0.3) is 0 Å². The zero-order chi connectivity index (χ0) is 81.1. The molecule has 18 N–H and O–H groups in total. The molecule has 38 heteroatoms. The molecule has 9 rings (SSSR count). The lowest BCUT2D eigenvalue weighted by atomic mass is 10.0. The lowest BCUT2D eigenvalue weighted by Crippen LogP contribution is -2.50. The average Bonchev–Trinajstić information content (AvgIpc) is 1.63. The van der Waals surface area contributed by atoms with E-state index in [9.17, 15) is 56.4 Å². The number of ketones is 1. The molecular formula is C72H124N16O21S.